The second kappa shape index (κ2) is 8.70. The lowest BCUT2D eigenvalue weighted by molar-refractivity contribution is 0.387. The summed E-state index contributed by atoms with van der Waals surface area (Å²) in [6, 6.07) is 9.33. The van der Waals surface area contributed by atoms with Gasteiger partial charge in [0.15, 0.2) is 5.82 Å². The Morgan fingerprint density at radius 3 is 2.43 bits per heavy atom. The van der Waals surface area contributed by atoms with Crippen LogP contribution >= 0.6 is 0 Å². The topological polar surface area (TPSA) is 75.5 Å². The van der Waals surface area contributed by atoms with Crippen molar-refractivity contribution in [1.29, 1.82) is 0 Å². The highest BCUT2D eigenvalue weighted by atomic mass is 32.2. The van der Waals surface area contributed by atoms with Crippen LogP contribution in [0.15, 0.2) is 52.9 Å². The maximum absolute atomic E-state index is 12.7. The molecule has 1 aromatic carbocycles. The monoisotopic (exact) mass is 402 g/mol. The molecule has 8 heteroatoms. The highest BCUT2D eigenvalue weighted by Gasteiger charge is 2.27. The van der Waals surface area contributed by atoms with Crippen LogP contribution in [0.5, 0.6) is 0 Å². The van der Waals surface area contributed by atoms with E-state index < -0.39 is 10.0 Å². The van der Waals surface area contributed by atoms with Crippen molar-refractivity contribution in [1.82, 2.24) is 13.9 Å². The number of nitrogens with zero attached hydrogens (tertiary/aromatic N) is 4. The molecule has 0 saturated carbocycles. The van der Waals surface area contributed by atoms with Gasteiger partial charge in [-0.25, -0.2) is 13.4 Å². The molecular formula is C20H26N4O3S. The number of anilines is 1. The van der Waals surface area contributed by atoms with E-state index in [1.54, 1.807) is 23.0 Å². The first-order chi connectivity index (χ1) is 13.4. The van der Waals surface area contributed by atoms with Crippen LogP contribution in [0.1, 0.15) is 19.4 Å². The summed E-state index contributed by atoms with van der Waals surface area (Å²) in [6.45, 7) is 6.26. The minimum atomic E-state index is -3.50. The van der Waals surface area contributed by atoms with Crippen LogP contribution in [-0.2, 0) is 16.6 Å². The lowest BCUT2D eigenvalue weighted by atomic mass is 10.2. The fraction of sp³-hybridized carbons (Fsp3) is 0.400. The molecule has 0 N–H and O–H groups in total. The van der Waals surface area contributed by atoms with Gasteiger partial charge < -0.3 is 9.47 Å². The summed E-state index contributed by atoms with van der Waals surface area (Å²) in [4.78, 5) is 18.8. The van der Waals surface area contributed by atoms with Crippen molar-refractivity contribution in [3.8, 4) is 0 Å². The van der Waals surface area contributed by atoms with Gasteiger partial charge in [-0.05, 0) is 17.6 Å². The van der Waals surface area contributed by atoms with Crippen LogP contribution in [0.4, 0.5) is 5.82 Å². The van der Waals surface area contributed by atoms with Crippen molar-refractivity contribution in [2.75, 3.05) is 31.1 Å². The molecule has 3 rings (SSSR count). The molecule has 28 heavy (non-hydrogen) atoms. The van der Waals surface area contributed by atoms with E-state index in [1.807, 2.05) is 35.2 Å². The lowest BCUT2D eigenvalue weighted by Crippen LogP contribution is -2.50. The molecule has 150 valence electrons. The quantitative estimate of drug-likeness (QED) is 0.739. The largest absolute Gasteiger partial charge is 0.349 e. The van der Waals surface area contributed by atoms with Crippen LogP contribution in [0.2, 0.25) is 0 Å². The molecule has 1 aliphatic heterocycles. The van der Waals surface area contributed by atoms with Crippen molar-refractivity contribution in [2.24, 2.45) is 5.92 Å². The molecule has 0 aliphatic carbocycles. The number of sulfonamides is 1. The summed E-state index contributed by atoms with van der Waals surface area (Å²) in [7, 11) is -3.50. The fourth-order valence-corrected chi connectivity index (χ4v) is 4.33. The SMILES string of the molecule is CC(C)Cn1ccnc(N2CCN(S(=O)(=O)/C=C/c3ccccc3)CC2)c1=O. The van der Waals surface area contributed by atoms with E-state index in [1.165, 1.54) is 9.71 Å². The van der Waals surface area contributed by atoms with Crippen molar-refractivity contribution in [3.05, 3.63) is 64.1 Å². The van der Waals surface area contributed by atoms with Gasteiger partial charge in [0.25, 0.3) is 5.56 Å². The Kier molecular flexibility index (Phi) is 6.31. The molecule has 7 nitrogen and oxygen atoms in total. The minimum absolute atomic E-state index is 0.128. The van der Waals surface area contributed by atoms with E-state index >= 15 is 0 Å². The smallest absolute Gasteiger partial charge is 0.293 e. The van der Waals surface area contributed by atoms with Crippen LogP contribution in [0.3, 0.4) is 0 Å². The van der Waals surface area contributed by atoms with Crippen LogP contribution in [-0.4, -0.2) is 48.5 Å². The van der Waals surface area contributed by atoms with Gasteiger partial charge in [0.05, 0.1) is 0 Å². The summed E-state index contributed by atoms with van der Waals surface area (Å²) in [5, 5.41) is 1.24. The first kappa shape index (κ1) is 20.3. The standard InChI is InChI=1S/C20H26N4O3S/c1-17(2)16-23-10-9-21-19(20(23)25)22-11-13-24(14-12-22)28(26,27)15-8-18-6-4-3-5-7-18/h3-10,15,17H,11-14,16H2,1-2H3/b15-8+. The van der Waals surface area contributed by atoms with Crippen molar-refractivity contribution < 1.29 is 8.42 Å². The zero-order valence-electron chi connectivity index (χ0n) is 16.2. The minimum Gasteiger partial charge on any atom is -0.349 e. The zero-order chi connectivity index (χ0) is 20.1. The maximum Gasteiger partial charge on any atom is 0.293 e. The molecule has 2 heterocycles. The predicted octanol–water partition coefficient (Wildman–Crippen LogP) is 2.02. The van der Waals surface area contributed by atoms with E-state index in [4.69, 9.17) is 0 Å². The molecule has 1 saturated heterocycles. The van der Waals surface area contributed by atoms with E-state index in [-0.39, 0.29) is 5.56 Å². The molecule has 0 amide bonds. The maximum atomic E-state index is 12.7. The Bertz CT molecular complexity index is 976. The summed E-state index contributed by atoms with van der Waals surface area (Å²) in [5.41, 5.74) is 0.709. The second-order valence-electron chi connectivity index (χ2n) is 7.25. The number of benzene rings is 1. The van der Waals surface area contributed by atoms with Crippen LogP contribution < -0.4 is 10.5 Å². The third-order valence-electron chi connectivity index (χ3n) is 4.59. The van der Waals surface area contributed by atoms with Gasteiger partial charge in [-0.1, -0.05) is 44.2 Å². The molecule has 2 aromatic rings. The van der Waals surface area contributed by atoms with E-state index in [0.717, 1.165) is 5.56 Å². The first-order valence-corrected chi connectivity index (χ1v) is 10.9. The summed E-state index contributed by atoms with van der Waals surface area (Å²) in [5.74, 6) is 0.742. The summed E-state index contributed by atoms with van der Waals surface area (Å²) in [6.07, 6.45) is 4.93. The molecule has 1 fully saturated rings. The van der Waals surface area contributed by atoms with Gasteiger partial charge in [-0.2, -0.15) is 4.31 Å². The van der Waals surface area contributed by atoms with Crippen molar-refractivity contribution in [2.45, 2.75) is 20.4 Å². The summed E-state index contributed by atoms with van der Waals surface area (Å²) >= 11 is 0. The van der Waals surface area contributed by atoms with E-state index in [9.17, 15) is 13.2 Å². The number of piperazine rings is 1. The highest BCUT2D eigenvalue weighted by Crippen LogP contribution is 2.14. The Balaban J connectivity index is 1.68. The van der Waals surface area contributed by atoms with Gasteiger partial charge in [0, 0.05) is 50.5 Å². The van der Waals surface area contributed by atoms with Crippen LogP contribution in [0.25, 0.3) is 6.08 Å². The van der Waals surface area contributed by atoms with Gasteiger partial charge in [0.1, 0.15) is 0 Å². The van der Waals surface area contributed by atoms with E-state index in [2.05, 4.69) is 18.8 Å². The number of aromatic nitrogens is 2. The Morgan fingerprint density at radius 2 is 1.79 bits per heavy atom. The predicted molar refractivity (Wildman–Crippen MR) is 112 cm³/mol. The molecule has 0 radical (unpaired) electrons. The average Bonchev–Trinajstić information content (AvgIpc) is 2.69. The molecular weight excluding hydrogens is 376 g/mol. The van der Waals surface area contributed by atoms with Gasteiger partial charge >= 0.3 is 0 Å². The van der Waals surface area contributed by atoms with Crippen molar-refractivity contribution in [3.63, 3.8) is 0 Å². The molecule has 0 bridgehead atoms. The number of hydrogen-bond acceptors (Lipinski definition) is 5. The zero-order valence-corrected chi connectivity index (χ0v) is 17.0. The van der Waals surface area contributed by atoms with Crippen LogP contribution in [0, 0.1) is 5.92 Å². The number of hydrogen-bond donors (Lipinski definition) is 0. The number of rotatable bonds is 6. The molecule has 0 atom stereocenters. The highest BCUT2D eigenvalue weighted by molar-refractivity contribution is 7.92. The van der Waals surface area contributed by atoms with Crippen molar-refractivity contribution >= 4 is 21.9 Å². The first-order valence-electron chi connectivity index (χ1n) is 9.40. The van der Waals surface area contributed by atoms with Gasteiger partial charge in [-0.3, -0.25) is 4.79 Å². The Labute approximate surface area is 166 Å². The lowest BCUT2D eigenvalue weighted by Gasteiger charge is -2.33. The molecule has 1 aromatic heterocycles. The summed E-state index contributed by atoms with van der Waals surface area (Å²) < 4.78 is 28.3. The Hall–Kier alpha value is -2.45. The normalized spacial score (nSPS) is 16.2. The van der Waals surface area contributed by atoms with Gasteiger partial charge in [0.2, 0.25) is 10.0 Å². The fourth-order valence-electron chi connectivity index (χ4n) is 3.16. The third kappa shape index (κ3) is 4.88. The van der Waals surface area contributed by atoms with E-state index in [0.29, 0.717) is 44.5 Å². The Morgan fingerprint density at radius 1 is 1.11 bits per heavy atom. The second-order valence-corrected chi connectivity index (χ2v) is 9.07. The molecule has 0 spiro atoms. The molecule has 1 aliphatic rings. The molecule has 0 unspecified atom stereocenters. The third-order valence-corrected chi connectivity index (χ3v) is 6.15. The average molecular weight is 403 g/mol. The van der Waals surface area contributed by atoms with Gasteiger partial charge in [-0.15, -0.1) is 0 Å².